The predicted molar refractivity (Wildman–Crippen MR) is 111 cm³/mol. The van der Waals surface area contributed by atoms with E-state index in [9.17, 15) is 22.1 Å². The molecular formula is C17H29BF4N5O3P. The zero-order chi connectivity index (χ0) is 22.9. The average Bonchev–Trinajstić information content (AvgIpc) is 3.46. The lowest BCUT2D eigenvalue weighted by Crippen LogP contribution is -2.38. The Labute approximate surface area is 181 Å². The van der Waals surface area contributed by atoms with Crippen molar-refractivity contribution < 1.29 is 31.6 Å². The Kier molecular flexibility index (Phi) is 10.4. The summed E-state index contributed by atoms with van der Waals surface area (Å²) < 4.78 is 51.6. The van der Waals surface area contributed by atoms with E-state index in [4.69, 9.17) is 14.8 Å². The van der Waals surface area contributed by atoms with Gasteiger partial charge in [0.25, 0.3) is 5.71 Å². The summed E-state index contributed by atoms with van der Waals surface area (Å²) in [6.07, 6.45) is 6.82. The molecule has 1 unspecified atom stereocenters. The van der Waals surface area contributed by atoms with E-state index in [0.29, 0.717) is 0 Å². The van der Waals surface area contributed by atoms with Crippen LogP contribution >= 0.6 is 8.37 Å². The number of hydrogen-bond donors (Lipinski definition) is 0. The van der Waals surface area contributed by atoms with Gasteiger partial charge in [-0.1, -0.05) is 5.16 Å². The Morgan fingerprint density at radius 1 is 1.06 bits per heavy atom. The van der Waals surface area contributed by atoms with Crippen molar-refractivity contribution in [2.75, 3.05) is 39.3 Å². The third kappa shape index (κ3) is 8.52. The molecule has 3 aliphatic heterocycles. The number of ether oxygens (including phenoxy) is 1. The van der Waals surface area contributed by atoms with E-state index in [1.165, 1.54) is 25.7 Å². The molecule has 0 aromatic heterocycles. The highest BCUT2D eigenvalue weighted by Crippen LogP contribution is 2.54. The Balaban J connectivity index is 0.000000614. The Morgan fingerprint density at radius 3 is 2.03 bits per heavy atom. The molecule has 3 rings (SSSR count). The van der Waals surface area contributed by atoms with E-state index in [2.05, 4.69) is 19.2 Å². The molecule has 0 aromatic rings. The van der Waals surface area contributed by atoms with Crippen LogP contribution in [0.5, 0.6) is 0 Å². The maximum Gasteiger partial charge on any atom is 0.673 e. The highest BCUT2D eigenvalue weighted by molar-refractivity contribution is 7.50. The van der Waals surface area contributed by atoms with Crippen LogP contribution in [-0.4, -0.2) is 78.5 Å². The minimum absolute atomic E-state index is 0.164. The second kappa shape index (κ2) is 12.5. The lowest BCUT2D eigenvalue weighted by Gasteiger charge is -2.33. The normalized spacial score (nSPS) is 23.5. The summed E-state index contributed by atoms with van der Waals surface area (Å²) in [6, 6.07) is 1.78. The van der Waals surface area contributed by atoms with Gasteiger partial charge in [-0.2, -0.15) is 14.6 Å². The molecule has 1 atom stereocenters. The first kappa shape index (κ1) is 25.8. The number of halogens is 4. The minimum Gasteiger partial charge on any atom is -0.461 e. The molecule has 3 saturated heterocycles. The van der Waals surface area contributed by atoms with Crippen molar-refractivity contribution in [1.82, 2.24) is 14.0 Å². The van der Waals surface area contributed by atoms with Crippen LogP contribution < -0.4 is 0 Å². The van der Waals surface area contributed by atoms with E-state index >= 15 is 0 Å². The molecule has 3 heterocycles. The van der Waals surface area contributed by atoms with E-state index in [1.54, 1.807) is 13.0 Å². The lowest BCUT2D eigenvalue weighted by atomic mass is 10.3. The van der Waals surface area contributed by atoms with E-state index in [-0.39, 0.29) is 18.5 Å². The van der Waals surface area contributed by atoms with E-state index < -0.39 is 21.6 Å². The number of hydrogen-bond acceptors (Lipinski definition) is 8. The SMILES string of the molecule is CCOC(=O)/C(C#N)=N/OC1CCCN1[PH+](N1CCCC1)N1CCCC1.F[B-](F)(F)F. The molecule has 0 aromatic carbocycles. The van der Waals surface area contributed by atoms with Gasteiger partial charge in [-0.3, -0.25) is 0 Å². The molecule has 14 heteroatoms. The third-order valence-corrected chi connectivity index (χ3v) is 8.12. The smallest absolute Gasteiger partial charge is 0.461 e. The first-order chi connectivity index (χ1) is 14.7. The Hall–Kier alpha value is -1.48. The second-order valence-corrected chi connectivity index (χ2v) is 9.79. The monoisotopic (exact) mass is 469 g/mol. The molecule has 0 spiro atoms. The van der Waals surface area contributed by atoms with Crippen LogP contribution in [0, 0.1) is 11.3 Å². The summed E-state index contributed by atoms with van der Waals surface area (Å²) in [4.78, 5) is 17.4. The van der Waals surface area contributed by atoms with Crippen LogP contribution in [0.15, 0.2) is 5.16 Å². The third-order valence-electron chi connectivity index (χ3n) is 5.07. The predicted octanol–water partition coefficient (Wildman–Crippen LogP) is 3.32. The van der Waals surface area contributed by atoms with Crippen LogP contribution in [0.25, 0.3) is 0 Å². The quantitative estimate of drug-likeness (QED) is 0.141. The number of carbonyl (C=O) groups excluding carboxylic acids is 1. The number of rotatable bonds is 7. The largest absolute Gasteiger partial charge is 0.673 e. The molecule has 0 N–H and O–H groups in total. The van der Waals surface area contributed by atoms with Crippen molar-refractivity contribution in [1.29, 1.82) is 5.26 Å². The van der Waals surface area contributed by atoms with E-state index in [1.807, 2.05) is 0 Å². The first-order valence-electron chi connectivity index (χ1n) is 10.6. The highest BCUT2D eigenvalue weighted by atomic mass is 31.2. The molecule has 0 bridgehead atoms. The van der Waals surface area contributed by atoms with Crippen LogP contribution in [-0.2, 0) is 14.4 Å². The van der Waals surface area contributed by atoms with Crippen LogP contribution in [0.3, 0.4) is 0 Å². The van der Waals surface area contributed by atoms with Crippen LogP contribution in [0.2, 0.25) is 0 Å². The molecule has 0 radical (unpaired) electrons. The average molecular weight is 469 g/mol. The zero-order valence-corrected chi connectivity index (χ0v) is 18.6. The standard InChI is InChI=1S/C17H28N5O3P.BF4/c1-2-24-17(23)15(14-18)19-25-16-8-7-13-22(16)26(20-9-3-4-10-20)21-11-5-6-12-21;2-1(3,4)5/h16H,2-13H2,1H3;/q;-1/p+1/b19-15+;. The molecule has 0 aliphatic carbocycles. The van der Waals surface area contributed by atoms with Gasteiger partial charge in [-0.25, -0.2) is 4.79 Å². The fraction of sp³-hybridized carbons (Fsp3) is 0.824. The van der Waals surface area contributed by atoms with E-state index in [0.717, 1.165) is 45.6 Å². The van der Waals surface area contributed by atoms with Crippen LogP contribution in [0.4, 0.5) is 17.3 Å². The number of esters is 1. The maximum atomic E-state index is 11.7. The molecular weight excluding hydrogens is 440 g/mol. The van der Waals surface area contributed by atoms with Crippen molar-refractivity contribution >= 4 is 27.3 Å². The lowest BCUT2D eigenvalue weighted by molar-refractivity contribution is -0.135. The number of nitrogens with zero attached hydrogens (tertiary/aromatic N) is 5. The Morgan fingerprint density at radius 2 is 1.58 bits per heavy atom. The van der Waals surface area contributed by atoms with Crippen LogP contribution in [0.1, 0.15) is 45.4 Å². The van der Waals surface area contributed by atoms with Gasteiger partial charge in [-0.05, 0) is 39.0 Å². The summed E-state index contributed by atoms with van der Waals surface area (Å²) >= 11 is 0. The van der Waals surface area contributed by atoms with Crippen molar-refractivity contribution in [3.05, 3.63) is 0 Å². The highest BCUT2D eigenvalue weighted by Gasteiger charge is 2.47. The first-order valence-corrected chi connectivity index (χ1v) is 11.9. The summed E-state index contributed by atoms with van der Waals surface area (Å²) in [5.41, 5.74) is -0.310. The molecule has 8 nitrogen and oxygen atoms in total. The summed E-state index contributed by atoms with van der Waals surface area (Å²) in [5, 5.41) is 13.0. The fourth-order valence-electron chi connectivity index (χ4n) is 3.89. The van der Waals surface area contributed by atoms with Gasteiger partial charge in [-0.15, -0.1) is 4.67 Å². The molecule has 3 aliphatic rings. The van der Waals surface area contributed by atoms with Gasteiger partial charge in [0.1, 0.15) is 6.07 Å². The van der Waals surface area contributed by atoms with Crippen molar-refractivity contribution in [3.63, 3.8) is 0 Å². The summed E-state index contributed by atoms with van der Waals surface area (Å²) in [5.74, 6) is -0.718. The maximum absolute atomic E-state index is 11.7. The van der Waals surface area contributed by atoms with Gasteiger partial charge >= 0.3 is 13.2 Å². The second-order valence-electron chi connectivity index (χ2n) is 7.35. The van der Waals surface area contributed by atoms with Gasteiger partial charge in [0, 0.05) is 39.1 Å². The van der Waals surface area contributed by atoms with Gasteiger partial charge in [0.05, 0.1) is 6.61 Å². The van der Waals surface area contributed by atoms with Gasteiger partial charge < -0.3 is 26.8 Å². The molecule has 176 valence electrons. The summed E-state index contributed by atoms with van der Waals surface area (Å²) in [7, 11) is -7.00. The number of carbonyl (C=O) groups is 1. The topological polar surface area (TPSA) is 81.4 Å². The minimum atomic E-state index is -6.00. The van der Waals surface area contributed by atoms with Crippen molar-refractivity contribution in [3.8, 4) is 6.07 Å². The molecule has 3 fully saturated rings. The number of oxime groups is 1. The fourth-order valence-corrected chi connectivity index (χ4v) is 7.24. The van der Waals surface area contributed by atoms with Crippen molar-refractivity contribution in [2.45, 2.75) is 51.7 Å². The Bertz CT molecular complexity index is 633. The van der Waals surface area contributed by atoms with Gasteiger partial charge in [0.2, 0.25) is 14.6 Å². The van der Waals surface area contributed by atoms with Crippen molar-refractivity contribution in [2.24, 2.45) is 5.16 Å². The molecule has 0 saturated carbocycles. The molecule has 0 amide bonds. The summed E-state index contributed by atoms with van der Waals surface area (Å²) in [6.45, 7) is 7.53. The van der Waals surface area contributed by atoms with Gasteiger partial charge in [0.15, 0.2) is 0 Å². The number of nitriles is 1. The molecule has 31 heavy (non-hydrogen) atoms. The zero-order valence-electron chi connectivity index (χ0n) is 17.6.